The second-order valence-electron chi connectivity index (χ2n) is 7.15. The van der Waals surface area contributed by atoms with Gasteiger partial charge in [0.05, 0.1) is 24.3 Å². The number of para-hydroxylation sites is 1. The Morgan fingerprint density at radius 3 is 2.59 bits per heavy atom. The Hall–Kier alpha value is -2.94. The topological polar surface area (TPSA) is 73.7 Å². The normalized spacial score (nSPS) is 23.1. The lowest BCUT2D eigenvalue weighted by Crippen LogP contribution is -2.70. The predicted octanol–water partition coefficient (Wildman–Crippen LogP) is 2.35. The minimum absolute atomic E-state index is 0.0565. The molecule has 2 amide bonds. The van der Waals surface area contributed by atoms with E-state index in [4.69, 9.17) is 0 Å². The molecule has 3 atom stereocenters. The summed E-state index contributed by atoms with van der Waals surface area (Å²) in [5.74, 6) is -1.70. The lowest BCUT2D eigenvalue weighted by atomic mass is 9.71. The van der Waals surface area contributed by atoms with Crippen molar-refractivity contribution < 1.29 is 27.9 Å². The Bertz CT molecular complexity index is 935. The van der Waals surface area contributed by atoms with Gasteiger partial charge in [-0.1, -0.05) is 18.2 Å². The molecule has 9 heteroatoms. The number of halogens is 3. The number of aromatic nitrogens is 1. The number of amides is 2. The number of aliphatic hydroxyl groups excluding tert-OH is 1. The summed E-state index contributed by atoms with van der Waals surface area (Å²) in [5.41, 5.74) is 1.37. The first-order valence-corrected chi connectivity index (χ1v) is 9.11. The fourth-order valence-corrected chi connectivity index (χ4v) is 4.31. The van der Waals surface area contributed by atoms with Gasteiger partial charge in [0.25, 0.3) is 5.91 Å². The van der Waals surface area contributed by atoms with E-state index in [0.717, 1.165) is 4.90 Å². The molecule has 0 radical (unpaired) electrons. The lowest BCUT2D eigenvalue weighted by molar-refractivity contribution is -0.152. The highest BCUT2D eigenvalue weighted by atomic mass is 19.4. The number of hydrogen-bond donors (Lipinski definition) is 1. The van der Waals surface area contributed by atoms with Crippen LogP contribution in [0.3, 0.4) is 0 Å². The van der Waals surface area contributed by atoms with Gasteiger partial charge in [0.2, 0.25) is 5.91 Å². The van der Waals surface area contributed by atoms with Gasteiger partial charge in [-0.25, -0.2) is 0 Å². The molecule has 1 fully saturated rings. The Morgan fingerprint density at radius 2 is 1.93 bits per heavy atom. The van der Waals surface area contributed by atoms with Crippen LogP contribution in [-0.2, 0) is 4.79 Å². The molecule has 6 nitrogen and oxygen atoms in total. The monoisotopic (exact) mass is 405 g/mol. The fourth-order valence-electron chi connectivity index (χ4n) is 4.31. The number of carbonyl (C=O) groups is 2. The second kappa shape index (κ2) is 7.14. The quantitative estimate of drug-likeness (QED) is 0.851. The van der Waals surface area contributed by atoms with Crippen molar-refractivity contribution in [1.29, 1.82) is 0 Å². The van der Waals surface area contributed by atoms with Crippen LogP contribution in [0, 0.1) is 0 Å². The third kappa shape index (κ3) is 3.35. The van der Waals surface area contributed by atoms with Crippen molar-refractivity contribution in [3.8, 4) is 0 Å². The van der Waals surface area contributed by atoms with Crippen molar-refractivity contribution in [2.45, 2.75) is 30.6 Å². The summed E-state index contributed by atoms with van der Waals surface area (Å²) in [7, 11) is 0. The standard InChI is InChI=1S/C20H18F3N3O3/c21-20(22,23)8-17(28)25-10-15-18(13-5-1-2-6-14(13)25)16(11-27)26(15)19(29)12-4-3-7-24-9-12/h1-7,9,15-16,18,27H,8,10-11H2/t15-,16-,18+/m1/s1. The molecule has 1 aromatic heterocycles. The fraction of sp³-hybridized carbons (Fsp3) is 0.350. The van der Waals surface area contributed by atoms with Crippen molar-refractivity contribution >= 4 is 17.5 Å². The van der Waals surface area contributed by atoms with Crippen molar-refractivity contribution in [1.82, 2.24) is 9.88 Å². The third-order valence-electron chi connectivity index (χ3n) is 5.48. The molecular weight excluding hydrogens is 387 g/mol. The Labute approximate surface area is 164 Å². The van der Waals surface area contributed by atoms with Crippen LogP contribution in [0.4, 0.5) is 18.9 Å². The zero-order valence-electron chi connectivity index (χ0n) is 15.2. The number of anilines is 1. The van der Waals surface area contributed by atoms with E-state index in [0.29, 0.717) is 16.8 Å². The second-order valence-corrected chi connectivity index (χ2v) is 7.15. The van der Waals surface area contributed by atoms with Crippen molar-refractivity contribution in [2.24, 2.45) is 0 Å². The molecule has 152 valence electrons. The maximum absolute atomic E-state index is 13.0. The maximum Gasteiger partial charge on any atom is 0.397 e. The van der Waals surface area contributed by atoms with E-state index in [2.05, 4.69) is 4.98 Å². The van der Waals surface area contributed by atoms with Crippen LogP contribution in [-0.4, -0.2) is 58.2 Å². The summed E-state index contributed by atoms with van der Waals surface area (Å²) in [5, 5.41) is 9.91. The average molecular weight is 405 g/mol. The lowest BCUT2D eigenvalue weighted by Gasteiger charge is -2.58. The summed E-state index contributed by atoms with van der Waals surface area (Å²) in [6, 6.07) is 8.86. The molecule has 1 aromatic carbocycles. The van der Waals surface area contributed by atoms with Crippen LogP contribution < -0.4 is 4.90 Å². The number of alkyl halides is 3. The zero-order valence-corrected chi connectivity index (χ0v) is 15.2. The Morgan fingerprint density at radius 1 is 1.17 bits per heavy atom. The third-order valence-corrected chi connectivity index (χ3v) is 5.48. The minimum atomic E-state index is -4.62. The van der Waals surface area contributed by atoms with Crippen LogP contribution in [0.15, 0.2) is 48.8 Å². The first-order valence-electron chi connectivity index (χ1n) is 9.11. The molecule has 2 aromatic rings. The molecule has 0 saturated carbocycles. The number of nitrogens with zero attached hydrogens (tertiary/aromatic N) is 3. The average Bonchev–Trinajstić information content (AvgIpc) is 2.67. The summed E-state index contributed by atoms with van der Waals surface area (Å²) in [6.45, 7) is -0.350. The van der Waals surface area contributed by atoms with E-state index < -0.39 is 30.6 Å². The summed E-state index contributed by atoms with van der Waals surface area (Å²) >= 11 is 0. The Kier molecular flexibility index (Phi) is 4.77. The number of aliphatic hydroxyl groups is 1. The smallest absolute Gasteiger partial charge is 0.394 e. The van der Waals surface area contributed by atoms with Crippen LogP contribution in [0.2, 0.25) is 0 Å². The maximum atomic E-state index is 13.0. The number of likely N-dealkylation sites (tertiary alicyclic amines) is 1. The molecule has 0 spiro atoms. The van der Waals surface area contributed by atoms with Crippen LogP contribution in [0.25, 0.3) is 0 Å². The van der Waals surface area contributed by atoms with Crippen LogP contribution in [0.1, 0.15) is 28.3 Å². The molecule has 2 aliphatic heterocycles. The molecule has 0 aliphatic carbocycles. The van der Waals surface area contributed by atoms with Crippen molar-refractivity contribution in [2.75, 3.05) is 18.1 Å². The highest BCUT2D eigenvalue weighted by Gasteiger charge is 2.55. The summed E-state index contributed by atoms with van der Waals surface area (Å²) < 4.78 is 38.4. The molecular formula is C20H18F3N3O3. The highest BCUT2D eigenvalue weighted by Crippen LogP contribution is 2.48. The van der Waals surface area contributed by atoms with Gasteiger partial charge in [0.15, 0.2) is 0 Å². The van der Waals surface area contributed by atoms with E-state index in [1.807, 2.05) is 0 Å². The number of pyridine rings is 1. The van der Waals surface area contributed by atoms with E-state index in [1.54, 1.807) is 36.4 Å². The van der Waals surface area contributed by atoms with Gasteiger partial charge in [-0.3, -0.25) is 14.6 Å². The van der Waals surface area contributed by atoms with Gasteiger partial charge in [0.1, 0.15) is 6.42 Å². The van der Waals surface area contributed by atoms with Crippen molar-refractivity contribution in [3.05, 3.63) is 59.9 Å². The first kappa shape index (κ1) is 19.4. The Balaban J connectivity index is 1.69. The molecule has 4 rings (SSSR count). The minimum Gasteiger partial charge on any atom is -0.394 e. The van der Waals surface area contributed by atoms with Crippen molar-refractivity contribution in [3.63, 3.8) is 0 Å². The van der Waals surface area contributed by atoms with Gasteiger partial charge in [-0.05, 0) is 23.8 Å². The molecule has 3 heterocycles. The van der Waals surface area contributed by atoms with Crippen LogP contribution >= 0.6 is 0 Å². The largest absolute Gasteiger partial charge is 0.397 e. The van der Waals surface area contributed by atoms with E-state index >= 15 is 0 Å². The zero-order chi connectivity index (χ0) is 20.8. The molecule has 2 aliphatic rings. The first-order chi connectivity index (χ1) is 13.8. The molecule has 1 saturated heterocycles. The number of hydrogen-bond acceptors (Lipinski definition) is 4. The summed E-state index contributed by atoms with van der Waals surface area (Å²) in [4.78, 5) is 31.8. The number of benzene rings is 1. The number of rotatable bonds is 3. The molecule has 0 bridgehead atoms. The van der Waals surface area contributed by atoms with E-state index in [-0.39, 0.29) is 25.0 Å². The SMILES string of the molecule is O=C(CC(F)(F)F)N1C[C@@H]2[C@H](c3ccccc31)[C@@H](CO)N2C(=O)c1cccnc1. The highest BCUT2D eigenvalue weighted by molar-refractivity contribution is 5.98. The number of carbonyl (C=O) groups excluding carboxylic acids is 2. The number of fused-ring (bicyclic) bond motifs is 3. The van der Waals surface area contributed by atoms with E-state index in [9.17, 15) is 27.9 Å². The predicted molar refractivity (Wildman–Crippen MR) is 97.3 cm³/mol. The summed E-state index contributed by atoms with van der Waals surface area (Å²) in [6.07, 6.45) is -3.28. The molecule has 29 heavy (non-hydrogen) atoms. The van der Waals surface area contributed by atoms with Gasteiger partial charge < -0.3 is 14.9 Å². The van der Waals surface area contributed by atoms with Gasteiger partial charge >= 0.3 is 6.18 Å². The van der Waals surface area contributed by atoms with Gasteiger partial charge in [-0.15, -0.1) is 0 Å². The van der Waals surface area contributed by atoms with E-state index in [1.165, 1.54) is 17.3 Å². The van der Waals surface area contributed by atoms with Crippen LogP contribution in [0.5, 0.6) is 0 Å². The van der Waals surface area contributed by atoms with Gasteiger partial charge in [0, 0.05) is 30.5 Å². The molecule has 0 unspecified atom stereocenters. The molecule has 1 N–H and O–H groups in total. The van der Waals surface area contributed by atoms with Gasteiger partial charge in [-0.2, -0.15) is 13.2 Å².